The third-order valence-corrected chi connectivity index (χ3v) is 3.05. The minimum absolute atomic E-state index is 0.0264. The van der Waals surface area contributed by atoms with Gasteiger partial charge in [-0.15, -0.1) is 0 Å². The summed E-state index contributed by atoms with van der Waals surface area (Å²) in [5.74, 6) is -2.30. The maximum absolute atomic E-state index is 13.6. The molecule has 0 saturated carbocycles. The molecule has 20 heavy (non-hydrogen) atoms. The monoisotopic (exact) mass is 277 g/mol. The molecule has 2 rings (SSSR count). The van der Waals surface area contributed by atoms with E-state index in [1.54, 1.807) is 19.1 Å². The van der Waals surface area contributed by atoms with Gasteiger partial charge in [0.25, 0.3) is 5.91 Å². The highest BCUT2D eigenvalue weighted by atomic mass is 19.1. The van der Waals surface area contributed by atoms with Crippen LogP contribution in [0.3, 0.4) is 0 Å². The summed E-state index contributed by atoms with van der Waals surface area (Å²) in [7, 11) is 0. The molecule has 0 fully saturated rings. The van der Waals surface area contributed by atoms with Crippen molar-refractivity contribution in [3.05, 3.63) is 58.7 Å². The van der Waals surface area contributed by atoms with E-state index in [9.17, 15) is 18.7 Å². The van der Waals surface area contributed by atoms with Gasteiger partial charge in [-0.2, -0.15) is 0 Å². The number of hydrogen-bond donors (Lipinski definition) is 2. The van der Waals surface area contributed by atoms with Gasteiger partial charge >= 0.3 is 0 Å². The van der Waals surface area contributed by atoms with E-state index in [1.165, 1.54) is 13.0 Å². The van der Waals surface area contributed by atoms with Gasteiger partial charge in [0.1, 0.15) is 17.4 Å². The van der Waals surface area contributed by atoms with Crippen molar-refractivity contribution in [2.45, 2.75) is 13.8 Å². The maximum atomic E-state index is 13.6. The zero-order valence-electron chi connectivity index (χ0n) is 11.0. The first-order chi connectivity index (χ1) is 9.40. The number of halogens is 2. The topological polar surface area (TPSA) is 49.3 Å². The van der Waals surface area contributed by atoms with Crippen molar-refractivity contribution < 1.29 is 18.7 Å². The van der Waals surface area contributed by atoms with Gasteiger partial charge in [-0.25, -0.2) is 8.78 Å². The Morgan fingerprint density at radius 3 is 2.55 bits per heavy atom. The van der Waals surface area contributed by atoms with Gasteiger partial charge in [-0.3, -0.25) is 4.79 Å². The minimum atomic E-state index is -0.927. The number of phenolic OH excluding ortho intramolecular Hbond substituents is 1. The summed E-state index contributed by atoms with van der Waals surface area (Å²) in [5, 5.41) is 12.0. The van der Waals surface area contributed by atoms with Crippen molar-refractivity contribution in [2.24, 2.45) is 0 Å². The summed E-state index contributed by atoms with van der Waals surface area (Å²) in [5.41, 5.74) is 0.785. The third-order valence-electron chi connectivity index (χ3n) is 3.05. The molecule has 3 nitrogen and oxygen atoms in total. The molecule has 0 aliphatic carbocycles. The number of nitrogens with one attached hydrogen (secondary N) is 1. The quantitative estimate of drug-likeness (QED) is 0.882. The second kappa shape index (κ2) is 5.28. The van der Waals surface area contributed by atoms with E-state index in [4.69, 9.17) is 0 Å². The Morgan fingerprint density at radius 1 is 1.15 bits per heavy atom. The van der Waals surface area contributed by atoms with Gasteiger partial charge < -0.3 is 10.4 Å². The molecule has 2 aromatic carbocycles. The SMILES string of the molecule is Cc1cc(C(=O)Nc2cccc(O)c2C)c(F)cc1F. The minimum Gasteiger partial charge on any atom is -0.508 e. The fraction of sp³-hybridized carbons (Fsp3) is 0.133. The molecular formula is C15H13F2NO2. The zero-order chi connectivity index (χ0) is 14.9. The molecule has 104 valence electrons. The fourth-order valence-corrected chi connectivity index (χ4v) is 1.78. The molecule has 2 aromatic rings. The number of amides is 1. The summed E-state index contributed by atoms with van der Waals surface area (Å²) in [4.78, 5) is 12.0. The lowest BCUT2D eigenvalue weighted by Crippen LogP contribution is -2.15. The Balaban J connectivity index is 2.33. The van der Waals surface area contributed by atoms with E-state index in [0.29, 0.717) is 17.3 Å². The van der Waals surface area contributed by atoms with Crippen LogP contribution in [0, 0.1) is 25.5 Å². The largest absolute Gasteiger partial charge is 0.508 e. The molecule has 0 saturated heterocycles. The van der Waals surface area contributed by atoms with E-state index in [1.807, 2.05) is 0 Å². The molecule has 0 aliphatic rings. The van der Waals surface area contributed by atoms with Gasteiger partial charge in [0.15, 0.2) is 0 Å². The number of phenols is 1. The molecule has 0 bridgehead atoms. The summed E-state index contributed by atoms with van der Waals surface area (Å²) < 4.78 is 26.8. The van der Waals surface area contributed by atoms with Gasteiger partial charge in [-0.05, 0) is 37.6 Å². The van der Waals surface area contributed by atoms with Crippen molar-refractivity contribution in [1.29, 1.82) is 0 Å². The van der Waals surface area contributed by atoms with Crippen molar-refractivity contribution in [2.75, 3.05) is 5.32 Å². The predicted octanol–water partition coefficient (Wildman–Crippen LogP) is 3.54. The van der Waals surface area contributed by atoms with Crippen molar-refractivity contribution in [3.8, 4) is 5.75 Å². The lowest BCUT2D eigenvalue weighted by molar-refractivity contribution is 0.102. The fourth-order valence-electron chi connectivity index (χ4n) is 1.78. The standard InChI is InChI=1S/C15H13F2NO2/c1-8-6-10(12(17)7-11(8)16)15(20)18-13-4-3-5-14(19)9(13)2/h3-7,19H,1-2H3,(H,18,20). The second-order valence-electron chi connectivity index (χ2n) is 4.49. The van der Waals surface area contributed by atoms with Crippen LogP contribution in [-0.2, 0) is 0 Å². The molecule has 0 aliphatic heterocycles. The van der Waals surface area contributed by atoms with Crippen LogP contribution in [0.15, 0.2) is 30.3 Å². The zero-order valence-corrected chi connectivity index (χ0v) is 11.0. The molecular weight excluding hydrogens is 264 g/mol. The number of aromatic hydroxyl groups is 1. The normalized spacial score (nSPS) is 10.4. The van der Waals surface area contributed by atoms with Crippen molar-refractivity contribution >= 4 is 11.6 Å². The molecule has 0 heterocycles. The first-order valence-corrected chi connectivity index (χ1v) is 5.95. The first-order valence-electron chi connectivity index (χ1n) is 5.95. The van der Waals surface area contributed by atoms with Crippen LogP contribution in [0.4, 0.5) is 14.5 Å². The average molecular weight is 277 g/mol. The number of rotatable bonds is 2. The smallest absolute Gasteiger partial charge is 0.258 e. The number of hydrogen-bond acceptors (Lipinski definition) is 2. The summed E-state index contributed by atoms with van der Waals surface area (Å²) in [6, 6.07) is 6.46. The second-order valence-corrected chi connectivity index (χ2v) is 4.49. The third kappa shape index (κ3) is 2.61. The van der Waals surface area contributed by atoms with Crippen LogP contribution in [0.2, 0.25) is 0 Å². The summed E-state index contributed by atoms with van der Waals surface area (Å²) in [6.07, 6.45) is 0. The molecule has 0 unspecified atom stereocenters. The van der Waals surface area contributed by atoms with Crippen molar-refractivity contribution in [3.63, 3.8) is 0 Å². The van der Waals surface area contributed by atoms with Gasteiger partial charge in [0.2, 0.25) is 0 Å². The first kappa shape index (κ1) is 14.0. The Hall–Kier alpha value is -2.43. The van der Waals surface area contributed by atoms with E-state index in [2.05, 4.69) is 5.32 Å². The Morgan fingerprint density at radius 2 is 1.85 bits per heavy atom. The molecule has 0 aromatic heterocycles. The molecule has 1 amide bonds. The van der Waals surface area contributed by atoms with E-state index < -0.39 is 17.5 Å². The van der Waals surface area contributed by atoms with E-state index >= 15 is 0 Å². The Kier molecular flexibility index (Phi) is 3.70. The molecule has 2 N–H and O–H groups in total. The van der Waals surface area contributed by atoms with Crippen LogP contribution >= 0.6 is 0 Å². The molecule has 0 atom stereocenters. The van der Waals surface area contributed by atoms with Crippen LogP contribution in [-0.4, -0.2) is 11.0 Å². The van der Waals surface area contributed by atoms with Crippen LogP contribution < -0.4 is 5.32 Å². The van der Waals surface area contributed by atoms with Gasteiger partial charge in [-0.1, -0.05) is 6.07 Å². The summed E-state index contributed by atoms with van der Waals surface area (Å²) >= 11 is 0. The summed E-state index contributed by atoms with van der Waals surface area (Å²) in [6.45, 7) is 3.07. The number of carbonyl (C=O) groups excluding carboxylic acids is 1. The van der Waals surface area contributed by atoms with E-state index in [-0.39, 0.29) is 16.9 Å². The van der Waals surface area contributed by atoms with Crippen molar-refractivity contribution in [1.82, 2.24) is 0 Å². The van der Waals surface area contributed by atoms with E-state index in [0.717, 1.165) is 6.07 Å². The van der Waals surface area contributed by atoms with Gasteiger partial charge in [0, 0.05) is 17.3 Å². The predicted molar refractivity (Wildman–Crippen MR) is 71.9 cm³/mol. The molecule has 0 spiro atoms. The number of aryl methyl sites for hydroxylation is 1. The Bertz CT molecular complexity index is 684. The van der Waals surface area contributed by atoms with Crippen LogP contribution in [0.1, 0.15) is 21.5 Å². The Labute approximate surface area is 114 Å². The number of carbonyl (C=O) groups is 1. The van der Waals surface area contributed by atoms with Crippen LogP contribution in [0.5, 0.6) is 5.75 Å². The number of anilines is 1. The highest BCUT2D eigenvalue weighted by Gasteiger charge is 2.16. The highest BCUT2D eigenvalue weighted by molar-refractivity contribution is 6.05. The van der Waals surface area contributed by atoms with Crippen LogP contribution in [0.25, 0.3) is 0 Å². The molecule has 0 radical (unpaired) electrons. The van der Waals surface area contributed by atoms with Gasteiger partial charge in [0.05, 0.1) is 5.56 Å². The number of benzene rings is 2. The highest BCUT2D eigenvalue weighted by Crippen LogP contribution is 2.25. The lowest BCUT2D eigenvalue weighted by atomic mass is 10.1. The maximum Gasteiger partial charge on any atom is 0.258 e. The average Bonchev–Trinajstić information content (AvgIpc) is 2.39. The lowest BCUT2D eigenvalue weighted by Gasteiger charge is -2.10. The molecule has 5 heteroatoms.